The van der Waals surface area contributed by atoms with E-state index >= 15 is 0 Å². The van der Waals surface area contributed by atoms with Crippen LogP contribution in [0.1, 0.15) is 0 Å². The predicted octanol–water partition coefficient (Wildman–Crippen LogP) is 3.30. The van der Waals surface area contributed by atoms with E-state index in [2.05, 4.69) is 25.9 Å². The van der Waals surface area contributed by atoms with E-state index in [-0.39, 0.29) is 5.69 Å². The largest absolute Gasteiger partial charge is 0.269 e. The summed E-state index contributed by atoms with van der Waals surface area (Å²) >= 11 is 4.75. The van der Waals surface area contributed by atoms with Crippen molar-refractivity contribution in [1.29, 1.82) is 0 Å². The molecule has 0 amide bonds. The molecule has 5 nitrogen and oxygen atoms in total. The highest BCUT2D eigenvalue weighted by atomic mass is 79.9. The monoisotopic (exact) mass is 311 g/mol. The summed E-state index contributed by atoms with van der Waals surface area (Å²) in [6, 6.07) is 6.32. The summed E-state index contributed by atoms with van der Waals surface area (Å²) in [4.78, 5) is 18.9. The topological polar surface area (TPSA) is 68.9 Å². The first-order valence-electron chi connectivity index (χ1n) is 4.54. The molecule has 0 spiro atoms. The standard InChI is InChI=1S/C10H6BrN3O2S/c11-9-5-12-6-13-10(9)17-8-3-1-7(2-4-8)14(15)16/h1-6H. The summed E-state index contributed by atoms with van der Waals surface area (Å²) < 4.78 is 0.795. The number of nitro groups is 1. The second kappa shape index (κ2) is 5.24. The molecule has 0 N–H and O–H groups in total. The molecule has 7 heteroatoms. The van der Waals surface area contributed by atoms with Gasteiger partial charge in [0.15, 0.2) is 0 Å². The van der Waals surface area contributed by atoms with Gasteiger partial charge in [-0.25, -0.2) is 9.97 Å². The fourth-order valence-corrected chi connectivity index (χ4v) is 2.33. The maximum Gasteiger partial charge on any atom is 0.269 e. The molecule has 2 aromatic rings. The lowest BCUT2D eigenvalue weighted by molar-refractivity contribution is -0.384. The average Bonchev–Trinajstić information content (AvgIpc) is 2.33. The molecule has 0 fully saturated rings. The van der Waals surface area contributed by atoms with Crippen LogP contribution in [0.15, 0.2) is 51.2 Å². The SMILES string of the molecule is O=[N+]([O-])c1ccc(Sc2ncncc2Br)cc1. The van der Waals surface area contributed by atoms with Crippen LogP contribution >= 0.6 is 27.7 Å². The normalized spacial score (nSPS) is 10.2. The Morgan fingerprint density at radius 2 is 2.00 bits per heavy atom. The van der Waals surface area contributed by atoms with Crippen LogP contribution in [0.3, 0.4) is 0 Å². The van der Waals surface area contributed by atoms with Gasteiger partial charge in [-0.2, -0.15) is 0 Å². The Hall–Kier alpha value is -1.47. The van der Waals surface area contributed by atoms with E-state index in [1.165, 1.54) is 30.2 Å². The molecule has 1 aromatic heterocycles. The Labute approximate surface area is 110 Å². The first kappa shape index (κ1) is 12.0. The number of non-ortho nitro benzene ring substituents is 1. The van der Waals surface area contributed by atoms with Gasteiger partial charge in [0.2, 0.25) is 0 Å². The lowest BCUT2D eigenvalue weighted by Gasteiger charge is -2.01. The molecule has 0 aliphatic rings. The molecule has 0 aliphatic carbocycles. The lowest BCUT2D eigenvalue weighted by Crippen LogP contribution is -1.87. The first-order chi connectivity index (χ1) is 8.16. The Bertz CT molecular complexity index is 548. The van der Waals surface area contributed by atoms with E-state index < -0.39 is 4.92 Å². The second-order valence-corrected chi connectivity index (χ2v) is 4.95. The van der Waals surface area contributed by atoms with E-state index in [9.17, 15) is 10.1 Å². The van der Waals surface area contributed by atoms with Gasteiger partial charge in [-0.05, 0) is 28.1 Å². The van der Waals surface area contributed by atoms with Crippen LogP contribution in [0, 0.1) is 10.1 Å². The third-order valence-electron chi connectivity index (χ3n) is 1.90. The first-order valence-corrected chi connectivity index (χ1v) is 6.15. The predicted molar refractivity (Wildman–Crippen MR) is 67.0 cm³/mol. The van der Waals surface area contributed by atoms with Crippen molar-refractivity contribution >= 4 is 33.4 Å². The fourth-order valence-electron chi connectivity index (χ4n) is 1.12. The van der Waals surface area contributed by atoms with Gasteiger partial charge in [0, 0.05) is 23.2 Å². The minimum atomic E-state index is -0.422. The molecule has 0 saturated heterocycles. The highest BCUT2D eigenvalue weighted by Gasteiger charge is 2.07. The summed E-state index contributed by atoms with van der Waals surface area (Å²) in [6.07, 6.45) is 3.11. The zero-order valence-electron chi connectivity index (χ0n) is 8.41. The van der Waals surface area contributed by atoms with Gasteiger partial charge >= 0.3 is 0 Å². The zero-order valence-corrected chi connectivity index (χ0v) is 10.8. The van der Waals surface area contributed by atoms with Crippen molar-refractivity contribution < 1.29 is 4.92 Å². The van der Waals surface area contributed by atoms with Crippen LogP contribution in [-0.2, 0) is 0 Å². The Morgan fingerprint density at radius 1 is 1.29 bits per heavy atom. The van der Waals surface area contributed by atoms with Crippen molar-refractivity contribution in [2.75, 3.05) is 0 Å². The van der Waals surface area contributed by atoms with Crippen LogP contribution in [-0.4, -0.2) is 14.9 Å². The molecular formula is C10H6BrN3O2S. The summed E-state index contributed by atoms with van der Waals surface area (Å²) in [6.45, 7) is 0. The zero-order chi connectivity index (χ0) is 12.3. The Balaban J connectivity index is 2.20. The molecule has 0 radical (unpaired) electrons. The number of halogens is 1. The van der Waals surface area contributed by atoms with E-state index in [4.69, 9.17) is 0 Å². The second-order valence-electron chi connectivity index (χ2n) is 3.03. The van der Waals surface area contributed by atoms with E-state index in [0.29, 0.717) is 0 Å². The number of benzene rings is 1. The highest BCUT2D eigenvalue weighted by molar-refractivity contribution is 9.10. The molecule has 0 aliphatic heterocycles. The molecule has 17 heavy (non-hydrogen) atoms. The van der Waals surface area contributed by atoms with Crippen LogP contribution < -0.4 is 0 Å². The number of hydrogen-bond donors (Lipinski definition) is 0. The van der Waals surface area contributed by atoms with Gasteiger partial charge in [-0.15, -0.1) is 0 Å². The van der Waals surface area contributed by atoms with Crippen molar-refractivity contribution in [3.8, 4) is 0 Å². The fraction of sp³-hybridized carbons (Fsp3) is 0. The molecule has 0 atom stereocenters. The maximum atomic E-state index is 10.5. The van der Waals surface area contributed by atoms with Crippen LogP contribution in [0.4, 0.5) is 5.69 Å². The van der Waals surface area contributed by atoms with E-state index in [1.807, 2.05) is 0 Å². The molecule has 1 aromatic carbocycles. The van der Waals surface area contributed by atoms with Gasteiger partial charge in [-0.1, -0.05) is 11.8 Å². The molecule has 2 rings (SSSR count). The van der Waals surface area contributed by atoms with Crippen molar-refractivity contribution in [3.05, 3.63) is 51.4 Å². The van der Waals surface area contributed by atoms with Gasteiger partial charge in [0.1, 0.15) is 11.4 Å². The van der Waals surface area contributed by atoms with Crippen molar-refractivity contribution in [2.24, 2.45) is 0 Å². The highest BCUT2D eigenvalue weighted by Crippen LogP contribution is 2.31. The van der Waals surface area contributed by atoms with E-state index in [0.717, 1.165) is 14.4 Å². The molecule has 0 bridgehead atoms. The maximum absolute atomic E-state index is 10.5. The molecule has 0 saturated carbocycles. The Kier molecular flexibility index (Phi) is 3.70. The summed E-state index contributed by atoms with van der Waals surface area (Å²) in [7, 11) is 0. The van der Waals surface area contributed by atoms with Gasteiger partial charge in [-0.3, -0.25) is 10.1 Å². The van der Waals surface area contributed by atoms with Crippen LogP contribution in [0.5, 0.6) is 0 Å². The smallest absolute Gasteiger partial charge is 0.258 e. The third kappa shape index (κ3) is 3.01. The number of hydrogen-bond acceptors (Lipinski definition) is 5. The average molecular weight is 312 g/mol. The number of aromatic nitrogens is 2. The molecular weight excluding hydrogens is 306 g/mol. The summed E-state index contributed by atoms with van der Waals surface area (Å²) in [5, 5.41) is 11.3. The van der Waals surface area contributed by atoms with Crippen molar-refractivity contribution in [2.45, 2.75) is 9.92 Å². The number of nitrogens with zero attached hydrogens (tertiary/aromatic N) is 3. The van der Waals surface area contributed by atoms with Gasteiger partial charge in [0.05, 0.1) is 9.40 Å². The van der Waals surface area contributed by atoms with Gasteiger partial charge in [0.25, 0.3) is 5.69 Å². The molecule has 86 valence electrons. The lowest BCUT2D eigenvalue weighted by atomic mass is 10.3. The van der Waals surface area contributed by atoms with E-state index in [1.54, 1.807) is 18.3 Å². The minimum Gasteiger partial charge on any atom is -0.258 e. The summed E-state index contributed by atoms with van der Waals surface area (Å²) in [5.74, 6) is 0. The quantitative estimate of drug-likeness (QED) is 0.494. The van der Waals surface area contributed by atoms with Crippen molar-refractivity contribution in [3.63, 3.8) is 0 Å². The number of rotatable bonds is 3. The van der Waals surface area contributed by atoms with Crippen LogP contribution in [0.2, 0.25) is 0 Å². The summed E-state index contributed by atoms with van der Waals surface area (Å²) in [5.41, 5.74) is 0.0797. The Morgan fingerprint density at radius 3 is 2.59 bits per heavy atom. The molecule has 0 unspecified atom stereocenters. The van der Waals surface area contributed by atoms with Crippen molar-refractivity contribution in [1.82, 2.24) is 9.97 Å². The van der Waals surface area contributed by atoms with Gasteiger partial charge < -0.3 is 0 Å². The minimum absolute atomic E-state index is 0.0797. The van der Waals surface area contributed by atoms with Crippen LogP contribution in [0.25, 0.3) is 0 Å². The number of nitro benzene ring substituents is 1. The third-order valence-corrected chi connectivity index (χ3v) is 3.77. The molecule has 1 heterocycles.